The van der Waals surface area contributed by atoms with Crippen molar-refractivity contribution in [3.05, 3.63) is 33.8 Å². The molecular weight excluding hydrogens is 205 g/mol. The minimum Gasteiger partial charge on any atom is -0.328 e. The first-order chi connectivity index (χ1) is 6.09. The minimum absolute atomic E-state index is 0.215. The van der Waals surface area contributed by atoms with Crippen molar-refractivity contribution in [2.45, 2.75) is 25.8 Å². The average Bonchev–Trinajstić information content (AvgIpc) is 2.02. The van der Waals surface area contributed by atoms with E-state index in [1.54, 1.807) is 6.07 Å². The quantitative estimate of drug-likeness (QED) is 0.827. The van der Waals surface area contributed by atoms with Crippen LogP contribution in [0, 0.1) is 0 Å². The maximum absolute atomic E-state index is 5.99. The van der Waals surface area contributed by atoms with Gasteiger partial charge in [0.25, 0.3) is 0 Å². The molecule has 0 bridgehead atoms. The molecule has 0 unspecified atom stereocenters. The highest BCUT2D eigenvalue weighted by molar-refractivity contribution is 6.35. The second kappa shape index (κ2) is 4.85. The summed E-state index contributed by atoms with van der Waals surface area (Å²) in [6, 6.07) is 5.78. The molecule has 1 atom stereocenters. The van der Waals surface area contributed by atoms with E-state index < -0.39 is 0 Å². The zero-order valence-electron chi connectivity index (χ0n) is 7.56. The van der Waals surface area contributed by atoms with Crippen LogP contribution in [0.15, 0.2) is 18.2 Å². The van der Waals surface area contributed by atoms with Crippen molar-refractivity contribution in [2.24, 2.45) is 5.73 Å². The standard InChI is InChI=1S/C10H13Cl2N/c1-7(13)2-3-8-4-5-9(11)6-10(8)12/h4-7H,2-3,13H2,1H3/t7-/m0/s1. The Hall–Kier alpha value is -0.240. The summed E-state index contributed by atoms with van der Waals surface area (Å²) in [4.78, 5) is 0. The molecule has 0 saturated carbocycles. The zero-order valence-corrected chi connectivity index (χ0v) is 9.07. The van der Waals surface area contributed by atoms with Gasteiger partial charge in [-0.15, -0.1) is 0 Å². The van der Waals surface area contributed by atoms with Gasteiger partial charge in [-0.05, 0) is 37.5 Å². The van der Waals surface area contributed by atoms with Crippen LogP contribution in [0.1, 0.15) is 18.9 Å². The molecule has 1 aromatic rings. The molecule has 1 nitrogen and oxygen atoms in total. The molecule has 0 spiro atoms. The fourth-order valence-corrected chi connectivity index (χ4v) is 1.61. The van der Waals surface area contributed by atoms with E-state index >= 15 is 0 Å². The number of halogens is 2. The van der Waals surface area contributed by atoms with E-state index in [9.17, 15) is 0 Å². The Kier molecular flexibility index (Phi) is 4.04. The average molecular weight is 218 g/mol. The number of aryl methyl sites for hydroxylation is 1. The minimum atomic E-state index is 0.215. The molecular formula is C10H13Cl2N. The van der Waals surface area contributed by atoms with Crippen molar-refractivity contribution < 1.29 is 0 Å². The third-order valence-electron chi connectivity index (χ3n) is 1.88. The van der Waals surface area contributed by atoms with Crippen molar-refractivity contribution in [1.29, 1.82) is 0 Å². The zero-order chi connectivity index (χ0) is 9.84. The van der Waals surface area contributed by atoms with Gasteiger partial charge in [-0.2, -0.15) is 0 Å². The molecule has 3 heteroatoms. The van der Waals surface area contributed by atoms with Crippen LogP contribution >= 0.6 is 23.2 Å². The molecule has 1 aromatic carbocycles. The van der Waals surface area contributed by atoms with E-state index in [1.165, 1.54) is 0 Å². The summed E-state index contributed by atoms with van der Waals surface area (Å²) < 4.78 is 0. The van der Waals surface area contributed by atoms with Crippen LogP contribution in [0.2, 0.25) is 10.0 Å². The number of hydrogen-bond acceptors (Lipinski definition) is 1. The Morgan fingerprint density at radius 1 is 1.38 bits per heavy atom. The molecule has 2 N–H and O–H groups in total. The first kappa shape index (κ1) is 10.8. The van der Waals surface area contributed by atoms with Crippen molar-refractivity contribution in [2.75, 3.05) is 0 Å². The monoisotopic (exact) mass is 217 g/mol. The second-order valence-electron chi connectivity index (χ2n) is 3.25. The fourth-order valence-electron chi connectivity index (χ4n) is 1.11. The number of rotatable bonds is 3. The van der Waals surface area contributed by atoms with Crippen molar-refractivity contribution >= 4 is 23.2 Å². The molecule has 0 heterocycles. The molecule has 0 aromatic heterocycles. The lowest BCUT2D eigenvalue weighted by Gasteiger charge is -2.06. The molecule has 0 aliphatic rings. The van der Waals surface area contributed by atoms with Crippen molar-refractivity contribution in [3.63, 3.8) is 0 Å². The summed E-state index contributed by atoms with van der Waals surface area (Å²) in [5.41, 5.74) is 6.77. The lowest BCUT2D eigenvalue weighted by molar-refractivity contribution is 0.666. The highest BCUT2D eigenvalue weighted by Gasteiger charge is 2.02. The summed E-state index contributed by atoms with van der Waals surface area (Å²) in [7, 11) is 0. The molecule has 0 fully saturated rings. The van der Waals surface area contributed by atoms with Crippen molar-refractivity contribution in [3.8, 4) is 0 Å². The molecule has 0 amide bonds. The van der Waals surface area contributed by atoms with Crippen molar-refractivity contribution in [1.82, 2.24) is 0 Å². The van der Waals surface area contributed by atoms with E-state index in [1.807, 2.05) is 19.1 Å². The molecule has 0 aliphatic carbocycles. The van der Waals surface area contributed by atoms with Crippen LogP contribution in [0.4, 0.5) is 0 Å². The smallest absolute Gasteiger partial charge is 0.0452 e. The largest absolute Gasteiger partial charge is 0.328 e. The summed E-state index contributed by atoms with van der Waals surface area (Å²) in [6.07, 6.45) is 1.86. The predicted molar refractivity (Wildman–Crippen MR) is 58.4 cm³/mol. The van der Waals surface area contributed by atoms with Gasteiger partial charge in [0.15, 0.2) is 0 Å². The van der Waals surface area contributed by atoms with E-state index in [0.717, 1.165) is 23.4 Å². The van der Waals surface area contributed by atoms with Gasteiger partial charge < -0.3 is 5.73 Å². The molecule has 0 saturated heterocycles. The van der Waals surface area contributed by atoms with E-state index in [0.29, 0.717) is 5.02 Å². The molecule has 0 radical (unpaired) electrons. The van der Waals surface area contributed by atoms with Crippen LogP contribution < -0.4 is 5.73 Å². The Morgan fingerprint density at radius 2 is 2.08 bits per heavy atom. The summed E-state index contributed by atoms with van der Waals surface area (Å²) in [6.45, 7) is 1.99. The summed E-state index contributed by atoms with van der Waals surface area (Å²) >= 11 is 11.8. The Balaban J connectivity index is 2.67. The SMILES string of the molecule is C[C@H](N)CCc1ccc(Cl)cc1Cl. The highest BCUT2D eigenvalue weighted by atomic mass is 35.5. The van der Waals surface area contributed by atoms with Gasteiger partial charge in [-0.25, -0.2) is 0 Å². The van der Waals surface area contributed by atoms with Gasteiger partial charge in [0.1, 0.15) is 0 Å². The number of hydrogen-bond donors (Lipinski definition) is 1. The lowest BCUT2D eigenvalue weighted by Crippen LogP contribution is -2.15. The van der Waals surface area contributed by atoms with Gasteiger partial charge in [0.05, 0.1) is 0 Å². The molecule has 1 rings (SSSR count). The first-order valence-electron chi connectivity index (χ1n) is 4.29. The molecule has 13 heavy (non-hydrogen) atoms. The molecule has 0 aliphatic heterocycles. The topological polar surface area (TPSA) is 26.0 Å². The van der Waals surface area contributed by atoms with Gasteiger partial charge in [0, 0.05) is 16.1 Å². The maximum atomic E-state index is 5.99. The van der Waals surface area contributed by atoms with Crippen LogP contribution in [0.25, 0.3) is 0 Å². The van der Waals surface area contributed by atoms with Crippen LogP contribution in [-0.4, -0.2) is 6.04 Å². The second-order valence-corrected chi connectivity index (χ2v) is 4.10. The van der Waals surface area contributed by atoms with Crippen LogP contribution in [0.5, 0.6) is 0 Å². The van der Waals surface area contributed by atoms with E-state index in [4.69, 9.17) is 28.9 Å². The van der Waals surface area contributed by atoms with Gasteiger partial charge in [0.2, 0.25) is 0 Å². The van der Waals surface area contributed by atoms with Crippen LogP contribution in [-0.2, 0) is 6.42 Å². The Morgan fingerprint density at radius 3 is 2.62 bits per heavy atom. The van der Waals surface area contributed by atoms with Gasteiger partial charge >= 0.3 is 0 Å². The Bertz CT molecular complexity index is 284. The Labute approximate surface area is 88.8 Å². The predicted octanol–water partition coefficient (Wildman–Crippen LogP) is 3.27. The molecule has 72 valence electrons. The van der Waals surface area contributed by atoms with Gasteiger partial charge in [-0.3, -0.25) is 0 Å². The summed E-state index contributed by atoms with van der Waals surface area (Å²) in [5.74, 6) is 0. The van der Waals surface area contributed by atoms with E-state index in [-0.39, 0.29) is 6.04 Å². The van der Waals surface area contributed by atoms with E-state index in [2.05, 4.69) is 0 Å². The third-order valence-corrected chi connectivity index (χ3v) is 2.47. The normalized spacial score (nSPS) is 12.9. The number of nitrogens with two attached hydrogens (primary N) is 1. The van der Waals surface area contributed by atoms with Gasteiger partial charge in [-0.1, -0.05) is 29.3 Å². The lowest BCUT2D eigenvalue weighted by atomic mass is 10.1. The van der Waals surface area contributed by atoms with Crippen LogP contribution in [0.3, 0.4) is 0 Å². The fraction of sp³-hybridized carbons (Fsp3) is 0.400. The number of benzene rings is 1. The maximum Gasteiger partial charge on any atom is 0.0452 e. The third kappa shape index (κ3) is 3.55. The first-order valence-corrected chi connectivity index (χ1v) is 5.04. The summed E-state index contributed by atoms with van der Waals surface area (Å²) in [5, 5.41) is 1.41. The highest BCUT2D eigenvalue weighted by Crippen LogP contribution is 2.22.